The Morgan fingerprint density at radius 1 is 1.47 bits per heavy atom. The lowest BCUT2D eigenvalue weighted by Crippen LogP contribution is -2.46. The second-order valence-electron chi connectivity index (χ2n) is 5.00. The third kappa shape index (κ3) is 5.50. The lowest BCUT2D eigenvalue weighted by molar-refractivity contribution is 0.176. The predicted molar refractivity (Wildman–Crippen MR) is 64.0 cm³/mol. The van der Waals surface area contributed by atoms with Crippen molar-refractivity contribution in [3.63, 3.8) is 0 Å². The Morgan fingerprint density at radius 2 is 2.27 bits per heavy atom. The fourth-order valence-electron chi connectivity index (χ4n) is 2.13. The van der Waals surface area contributed by atoms with Gasteiger partial charge in [-0.05, 0) is 38.3 Å². The molecule has 1 fully saturated rings. The Balaban J connectivity index is 2.17. The van der Waals surface area contributed by atoms with Crippen LogP contribution in [0.5, 0.6) is 0 Å². The number of likely N-dealkylation sites (tertiary alicyclic amines) is 1. The van der Waals surface area contributed by atoms with E-state index in [2.05, 4.69) is 24.1 Å². The zero-order valence-corrected chi connectivity index (χ0v) is 10.2. The molecule has 1 unspecified atom stereocenters. The Morgan fingerprint density at radius 3 is 2.93 bits per heavy atom. The van der Waals surface area contributed by atoms with Crippen molar-refractivity contribution in [2.24, 2.45) is 5.92 Å². The minimum absolute atomic E-state index is 0.252. The number of aliphatic hydroxyl groups excluding tert-OH is 1. The molecule has 0 aromatic rings. The molecule has 1 atom stereocenters. The van der Waals surface area contributed by atoms with Crippen LogP contribution in [0.15, 0.2) is 0 Å². The van der Waals surface area contributed by atoms with E-state index < -0.39 is 0 Å². The molecule has 0 aromatic heterocycles. The van der Waals surface area contributed by atoms with Crippen LogP contribution in [0.1, 0.15) is 33.1 Å². The summed E-state index contributed by atoms with van der Waals surface area (Å²) in [5.74, 6) is 0.802. The topological polar surface area (TPSA) is 35.5 Å². The summed E-state index contributed by atoms with van der Waals surface area (Å²) in [6.45, 7) is 9.20. The molecular weight excluding hydrogens is 188 g/mol. The average Bonchev–Trinajstić information content (AvgIpc) is 2.24. The van der Waals surface area contributed by atoms with Gasteiger partial charge in [0.15, 0.2) is 0 Å². The maximum absolute atomic E-state index is 8.76. The Hall–Kier alpha value is -0.120. The first kappa shape index (κ1) is 12.9. The van der Waals surface area contributed by atoms with Gasteiger partial charge in [0.1, 0.15) is 0 Å². The van der Waals surface area contributed by atoms with Gasteiger partial charge in [-0.15, -0.1) is 0 Å². The summed E-state index contributed by atoms with van der Waals surface area (Å²) in [6, 6.07) is 0.595. The number of aliphatic hydroxyl groups is 1. The van der Waals surface area contributed by atoms with Gasteiger partial charge in [0.05, 0.1) is 6.61 Å². The van der Waals surface area contributed by atoms with Crippen molar-refractivity contribution in [3.8, 4) is 0 Å². The van der Waals surface area contributed by atoms with Crippen molar-refractivity contribution >= 4 is 0 Å². The van der Waals surface area contributed by atoms with Crippen LogP contribution in [0.25, 0.3) is 0 Å². The minimum Gasteiger partial charge on any atom is -0.395 e. The molecule has 15 heavy (non-hydrogen) atoms. The highest BCUT2D eigenvalue weighted by Gasteiger charge is 2.18. The molecule has 0 radical (unpaired) electrons. The number of hydrogen-bond donors (Lipinski definition) is 2. The largest absolute Gasteiger partial charge is 0.395 e. The molecule has 0 aromatic carbocycles. The Labute approximate surface area is 93.9 Å². The molecule has 1 saturated heterocycles. The van der Waals surface area contributed by atoms with Gasteiger partial charge >= 0.3 is 0 Å². The number of piperidine rings is 1. The van der Waals surface area contributed by atoms with Gasteiger partial charge in [0.25, 0.3) is 0 Å². The van der Waals surface area contributed by atoms with Crippen LogP contribution in [0, 0.1) is 5.92 Å². The highest BCUT2D eigenvalue weighted by Crippen LogP contribution is 2.11. The molecule has 0 bridgehead atoms. The molecule has 0 aliphatic carbocycles. The monoisotopic (exact) mass is 214 g/mol. The normalized spacial score (nSPS) is 23.6. The first-order valence-electron chi connectivity index (χ1n) is 6.29. The van der Waals surface area contributed by atoms with E-state index in [-0.39, 0.29) is 6.61 Å². The van der Waals surface area contributed by atoms with Crippen molar-refractivity contribution in [3.05, 3.63) is 0 Å². The molecule has 2 N–H and O–H groups in total. The zero-order valence-electron chi connectivity index (χ0n) is 10.2. The van der Waals surface area contributed by atoms with E-state index in [0.29, 0.717) is 6.04 Å². The molecule has 0 amide bonds. The van der Waals surface area contributed by atoms with E-state index in [1.165, 1.54) is 32.4 Å². The highest BCUT2D eigenvalue weighted by molar-refractivity contribution is 4.78. The van der Waals surface area contributed by atoms with E-state index in [4.69, 9.17) is 5.11 Å². The van der Waals surface area contributed by atoms with E-state index in [0.717, 1.165) is 19.0 Å². The van der Waals surface area contributed by atoms with Crippen LogP contribution >= 0.6 is 0 Å². The predicted octanol–water partition coefficient (Wildman–Crippen LogP) is 1.08. The van der Waals surface area contributed by atoms with Crippen LogP contribution in [0.4, 0.5) is 0 Å². The molecular formula is C12H26N2O. The third-order valence-corrected chi connectivity index (χ3v) is 3.07. The fraction of sp³-hybridized carbons (Fsp3) is 1.00. The Kier molecular flexibility index (Phi) is 6.22. The van der Waals surface area contributed by atoms with Gasteiger partial charge in [-0.25, -0.2) is 0 Å². The van der Waals surface area contributed by atoms with Crippen molar-refractivity contribution < 1.29 is 5.11 Å². The first-order valence-corrected chi connectivity index (χ1v) is 6.29. The molecule has 0 saturated carbocycles. The number of nitrogens with zero attached hydrogens (tertiary/aromatic N) is 1. The van der Waals surface area contributed by atoms with E-state index in [1.807, 2.05) is 0 Å². The minimum atomic E-state index is 0.252. The fourth-order valence-corrected chi connectivity index (χ4v) is 2.13. The number of hydrogen-bond acceptors (Lipinski definition) is 3. The lowest BCUT2D eigenvalue weighted by Gasteiger charge is -2.33. The molecule has 1 rings (SSSR count). The van der Waals surface area contributed by atoms with Gasteiger partial charge < -0.3 is 15.3 Å². The smallest absolute Gasteiger partial charge is 0.0556 e. The summed E-state index contributed by atoms with van der Waals surface area (Å²) in [5, 5.41) is 12.2. The van der Waals surface area contributed by atoms with E-state index in [1.54, 1.807) is 0 Å². The van der Waals surface area contributed by atoms with Crippen molar-refractivity contribution in [1.29, 1.82) is 0 Å². The summed E-state index contributed by atoms with van der Waals surface area (Å²) in [7, 11) is 0. The van der Waals surface area contributed by atoms with Crippen LogP contribution in [0.3, 0.4) is 0 Å². The van der Waals surface area contributed by atoms with Gasteiger partial charge in [0.2, 0.25) is 0 Å². The molecule has 1 aliphatic rings. The molecule has 1 aliphatic heterocycles. The van der Waals surface area contributed by atoms with Crippen LogP contribution in [-0.4, -0.2) is 48.8 Å². The standard InChI is InChI=1S/C12H26N2O/c1-11(2)5-8-14-7-3-4-12(10-14)13-6-9-15/h11-13,15H,3-10H2,1-2H3. The first-order chi connectivity index (χ1) is 7.22. The van der Waals surface area contributed by atoms with E-state index >= 15 is 0 Å². The van der Waals surface area contributed by atoms with Gasteiger partial charge in [-0.3, -0.25) is 0 Å². The highest BCUT2D eigenvalue weighted by atomic mass is 16.3. The van der Waals surface area contributed by atoms with E-state index in [9.17, 15) is 0 Å². The SMILES string of the molecule is CC(C)CCN1CCCC(NCCO)C1. The van der Waals surface area contributed by atoms with Crippen LogP contribution < -0.4 is 5.32 Å². The van der Waals surface area contributed by atoms with Gasteiger partial charge in [0, 0.05) is 19.1 Å². The Bertz CT molecular complexity index is 162. The zero-order chi connectivity index (χ0) is 11.1. The summed E-state index contributed by atoms with van der Waals surface area (Å²) in [5.41, 5.74) is 0. The van der Waals surface area contributed by atoms with Crippen LogP contribution in [-0.2, 0) is 0 Å². The van der Waals surface area contributed by atoms with Gasteiger partial charge in [-0.1, -0.05) is 13.8 Å². The van der Waals surface area contributed by atoms with Crippen LogP contribution in [0.2, 0.25) is 0 Å². The summed E-state index contributed by atoms with van der Waals surface area (Å²) in [6.07, 6.45) is 3.85. The van der Waals surface area contributed by atoms with Gasteiger partial charge in [-0.2, -0.15) is 0 Å². The second-order valence-corrected chi connectivity index (χ2v) is 5.00. The summed E-state index contributed by atoms with van der Waals surface area (Å²) in [4.78, 5) is 2.55. The third-order valence-electron chi connectivity index (χ3n) is 3.07. The quantitative estimate of drug-likeness (QED) is 0.694. The van der Waals surface area contributed by atoms with Crippen molar-refractivity contribution in [1.82, 2.24) is 10.2 Å². The summed E-state index contributed by atoms with van der Waals surface area (Å²) >= 11 is 0. The number of nitrogens with one attached hydrogen (secondary N) is 1. The maximum Gasteiger partial charge on any atom is 0.0556 e. The molecule has 0 spiro atoms. The second kappa shape index (κ2) is 7.20. The molecule has 1 heterocycles. The maximum atomic E-state index is 8.76. The molecule has 3 heteroatoms. The average molecular weight is 214 g/mol. The molecule has 3 nitrogen and oxygen atoms in total. The van der Waals surface area contributed by atoms with Crippen molar-refractivity contribution in [2.75, 3.05) is 32.8 Å². The number of rotatable bonds is 6. The lowest BCUT2D eigenvalue weighted by atomic mass is 10.0. The summed E-state index contributed by atoms with van der Waals surface area (Å²) < 4.78 is 0. The molecule has 90 valence electrons. The van der Waals surface area contributed by atoms with Crippen molar-refractivity contribution in [2.45, 2.75) is 39.2 Å².